The summed E-state index contributed by atoms with van der Waals surface area (Å²) in [4.78, 5) is 16.5. The zero-order chi connectivity index (χ0) is 16.3. The molecule has 1 saturated heterocycles. The van der Waals surface area contributed by atoms with Gasteiger partial charge in [-0.25, -0.2) is 9.18 Å². The molecule has 2 amide bonds. The van der Waals surface area contributed by atoms with E-state index in [0.717, 1.165) is 31.5 Å². The molecule has 2 aliphatic rings. The molecular weight excluding hydrogens is 281 g/mol. The first-order valence-corrected chi connectivity index (χ1v) is 8.14. The molecule has 0 aromatic heterocycles. The Hall–Kier alpha value is -1.36. The van der Waals surface area contributed by atoms with E-state index in [1.165, 1.54) is 0 Å². The molecule has 3 unspecified atom stereocenters. The van der Waals surface area contributed by atoms with Gasteiger partial charge in [0.05, 0.1) is 0 Å². The number of likely N-dealkylation sites (tertiary alicyclic amines) is 1. The van der Waals surface area contributed by atoms with E-state index >= 15 is 0 Å². The minimum atomic E-state index is -0.967. The molecule has 0 radical (unpaired) electrons. The van der Waals surface area contributed by atoms with Crippen LogP contribution in [0.2, 0.25) is 0 Å². The highest BCUT2D eigenvalue weighted by molar-refractivity contribution is 5.75. The molecule has 1 heterocycles. The first kappa shape index (κ1) is 17.0. The lowest BCUT2D eigenvalue weighted by atomic mass is 9.87. The zero-order valence-corrected chi connectivity index (χ0v) is 14.1. The maximum absolute atomic E-state index is 13.8. The average molecular weight is 309 g/mol. The predicted molar refractivity (Wildman–Crippen MR) is 87.6 cm³/mol. The molecule has 22 heavy (non-hydrogen) atoms. The van der Waals surface area contributed by atoms with Gasteiger partial charge in [0.2, 0.25) is 0 Å². The van der Waals surface area contributed by atoms with Crippen molar-refractivity contribution in [2.75, 3.05) is 27.2 Å². The lowest BCUT2D eigenvalue weighted by Crippen LogP contribution is -2.50. The van der Waals surface area contributed by atoms with Gasteiger partial charge in [-0.05, 0) is 45.5 Å². The summed E-state index contributed by atoms with van der Waals surface area (Å²) in [6.07, 6.45) is 6.26. The lowest BCUT2D eigenvalue weighted by Gasteiger charge is -2.36. The summed E-state index contributed by atoms with van der Waals surface area (Å²) < 4.78 is 13.8. The number of halogens is 1. The van der Waals surface area contributed by atoms with Crippen LogP contribution in [0.4, 0.5) is 9.18 Å². The highest BCUT2D eigenvalue weighted by Gasteiger charge is 2.28. The van der Waals surface area contributed by atoms with Gasteiger partial charge in [-0.1, -0.05) is 25.2 Å². The van der Waals surface area contributed by atoms with Crippen LogP contribution in [0.5, 0.6) is 0 Å². The van der Waals surface area contributed by atoms with Crippen molar-refractivity contribution in [1.82, 2.24) is 15.1 Å². The van der Waals surface area contributed by atoms with Crippen molar-refractivity contribution >= 4 is 6.03 Å². The van der Waals surface area contributed by atoms with Crippen LogP contribution < -0.4 is 5.32 Å². The first-order chi connectivity index (χ1) is 10.4. The van der Waals surface area contributed by atoms with Crippen molar-refractivity contribution in [1.29, 1.82) is 0 Å². The molecule has 1 aliphatic carbocycles. The van der Waals surface area contributed by atoms with Crippen LogP contribution in [0.25, 0.3) is 0 Å². The normalized spacial score (nSPS) is 28.1. The molecule has 0 spiro atoms. The van der Waals surface area contributed by atoms with Crippen molar-refractivity contribution in [2.45, 2.75) is 44.9 Å². The van der Waals surface area contributed by atoms with E-state index in [0.29, 0.717) is 0 Å². The Morgan fingerprint density at radius 3 is 2.73 bits per heavy atom. The second kappa shape index (κ2) is 7.27. The summed E-state index contributed by atoms with van der Waals surface area (Å²) in [5.41, 5.74) is 0.945. The maximum atomic E-state index is 13.8. The number of urea groups is 1. The highest BCUT2D eigenvalue weighted by atomic mass is 19.1. The Morgan fingerprint density at radius 2 is 2.09 bits per heavy atom. The quantitative estimate of drug-likeness (QED) is 0.870. The lowest BCUT2D eigenvalue weighted by molar-refractivity contribution is 0.146. The summed E-state index contributed by atoms with van der Waals surface area (Å²) >= 11 is 0. The third-order valence-electron chi connectivity index (χ3n) is 4.98. The molecule has 1 N–H and O–H groups in total. The Morgan fingerprint density at radius 1 is 1.45 bits per heavy atom. The number of hydrogen-bond acceptors (Lipinski definition) is 2. The smallest absolute Gasteiger partial charge is 0.317 e. The van der Waals surface area contributed by atoms with Crippen molar-refractivity contribution in [3.63, 3.8) is 0 Å². The van der Waals surface area contributed by atoms with Gasteiger partial charge < -0.3 is 15.1 Å². The van der Waals surface area contributed by atoms with E-state index in [-0.39, 0.29) is 24.0 Å². The molecule has 0 aromatic carbocycles. The largest absolute Gasteiger partial charge is 0.332 e. The molecule has 4 nitrogen and oxygen atoms in total. The fraction of sp³-hybridized carbons (Fsp3) is 0.706. The Kier molecular flexibility index (Phi) is 5.62. The number of alkyl halides is 1. The number of allylic oxidation sites excluding steroid dienone is 3. The van der Waals surface area contributed by atoms with Crippen LogP contribution >= 0.6 is 0 Å². The Balaban J connectivity index is 1.91. The maximum Gasteiger partial charge on any atom is 0.317 e. The van der Waals surface area contributed by atoms with Gasteiger partial charge in [0.25, 0.3) is 0 Å². The van der Waals surface area contributed by atoms with Crippen LogP contribution in [-0.4, -0.2) is 61.3 Å². The molecule has 2 rings (SSSR count). The Labute approximate surface area is 133 Å². The van der Waals surface area contributed by atoms with Gasteiger partial charge in [0.1, 0.15) is 6.17 Å². The minimum Gasteiger partial charge on any atom is -0.332 e. The number of nitrogens with one attached hydrogen (secondary N) is 1. The number of hydrogen-bond donors (Lipinski definition) is 1. The third-order valence-corrected chi connectivity index (χ3v) is 4.98. The molecule has 1 aliphatic heterocycles. The van der Waals surface area contributed by atoms with E-state index in [4.69, 9.17) is 0 Å². The number of nitrogens with zero attached hydrogens (tertiary/aromatic N) is 2. The van der Waals surface area contributed by atoms with E-state index < -0.39 is 6.17 Å². The number of piperidine rings is 1. The molecule has 124 valence electrons. The van der Waals surface area contributed by atoms with Gasteiger partial charge in [-0.3, -0.25) is 0 Å². The number of amides is 2. The summed E-state index contributed by atoms with van der Waals surface area (Å²) in [6, 6.07) is 0.0644. The van der Waals surface area contributed by atoms with Gasteiger partial charge >= 0.3 is 6.03 Å². The number of carbonyl (C=O) groups is 1. The van der Waals surface area contributed by atoms with Crippen LogP contribution in [0.1, 0.15) is 26.7 Å². The molecular formula is C17H28FN3O. The fourth-order valence-electron chi connectivity index (χ4n) is 3.23. The summed E-state index contributed by atoms with van der Waals surface area (Å²) in [5, 5.41) is 3.01. The third kappa shape index (κ3) is 3.88. The molecule has 5 heteroatoms. The average Bonchev–Trinajstić information content (AvgIpc) is 2.50. The standard InChI is InChI=1S/C17H28FN3O/c1-12-15(6-5-7-16(12)18)13(2)19-17(22)21(4)14-8-10-20(3)11-9-14/h5-7,12-14,16H,8-11H2,1-4H3,(H,19,22). The van der Waals surface area contributed by atoms with Crippen LogP contribution in [0.3, 0.4) is 0 Å². The summed E-state index contributed by atoms with van der Waals surface area (Å²) in [6.45, 7) is 5.83. The van der Waals surface area contributed by atoms with Crippen LogP contribution in [0.15, 0.2) is 23.8 Å². The van der Waals surface area contributed by atoms with Crippen molar-refractivity contribution in [3.05, 3.63) is 23.8 Å². The molecule has 1 fully saturated rings. The second-order valence-corrected chi connectivity index (χ2v) is 6.60. The van der Waals surface area contributed by atoms with Crippen molar-refractivity contribution < 1.29 is 9.18 Å². The second-order valence-electron chi connectivity index (χ2n) is 6.60. The SMILES string of the molecule is CC(NC(=O)N(C)C1CCN(C)CC1)C1=CC=CC(F)C1C. The van der Waals surface area contributed by atoms with Gasteiger partial charge in [0.15, 0.2) is 0 Å². The fourth-order valence-corrected chi connectivity index (χ4v) is 3.23. The number of rotatable bonds is 3. The van der Waals surface area contributed by atoms with Gasteiger partial charge in [-0.2, -0.15) is 0 Å². The molecule has 0 aromatic rings. The van der Waals surface area contributed by atoms with Gasteiger partial charge in [-0.15, -0.1) is 0 Å². The van der Waals surface area contributed by atoms with Crippen LogP contribution in [-0.2, 0) is 0 Å². The Bertz CT molecular complexity index is 455. The van der Waals surface area contributed by atoms with Gasteiger partial charge in [0, 0.05) is 25.0 Å². The van der Waals surface area contributed by atoms with Crippen molar-refractivity contribution in [2.24, 2.45) is 5.92 Å². The monoisotopic (exact) mass is 309 g/mol. The molecule has 0 saturated carbocycles. The van der Waals surface area contributed by atoms with E-state index in [9.17, 15) is 9.18 Å². The van der Waals surface area contributed by atoms with Crippen LogP contribution in [0, 0.1) is 5.92 Å². The van der Waals surface area contributed by atoms with Crippen molar-refractivity contribution in [3.8, 4) is 0 Å². The topological polar surface area (TPSA) is 35.6 Å². The highest BCUT2D eigenvalue weighted by Crippen LogP contribution is 2.25. The summed E-state index contributed by atoms with van der Waals surface area (Å²) in [5.74, 6) is -0.186. The predicted octanol–water partition coefficient (Wildman–Crippen LogP) is 2.58. The minimum absolute atomic E-state index is 0.0693. The molecule has 3 atom stereocenters. The van der Waals surface area contributed by atoms with E-state index in [1.54, 1.807) is 17.1 Å². The molecule has 0 bridgehead atoms. The number of carbonyl (C=O) groups excluding carboxylic acids is 1. The van der Waals surface area contributed by atoms with E-state index in [2.05, 4.69) is 17.3 Å². The van der Waals surface area contributed by atoms with E-state index in [1.807, 2.05) is 27.0 Å². The first-order valence-electron chi connectivity index (χ1n) is 8.14. The summed E-state index contributed by atoms with van der Waals surface area (Å²) in [7, 11) is 3.96. The zero-order valence-electron chi connectivity index (χ0n) is 14.1.